The van der Waals surface area contributed by atoms with Crippen LogP contribution >= 0.6 is 7.92 Å². The summed E-state index contributed by atoms with van der Waals surface area (Å²) in [6, 6.07) is 36.8. The van der Waals surface area contributed by atoms with E-state index in [1.54, 1.807) is 12.2 Å². The molecule has 4 rings (SSSR count). The summed E-state index contributed by atoms with van der Waals surface area (Å²) in [7, 11) is -0.650. The van der Waals surface area contributed by atoms with Crippen LogP contribution in [0.1, 0.15) is 11.1 Å². The third-order valence-corrected chi connectivity index (χ3v) is 7.83. The zero-order valence-electron chi connectivity index (χ0n) is 19.3. The van der Waals surface area contributed by atoms with Gasteiger partial charge in [0.15, 0.2) is 0 Å². The minimum Gasteiger partial charge on any atom is -0.780 e. The minimum atomic E-state index is -0.650. The van der Waals surface area contributed by atoms with Crippen molar-refractivity contribution < 1.29 is 44.8 Å². The number of rotatable bonds is 5. The Morgan fingerprint density at radius 3 is 1.17 bits per heavy atom. The van der Waals surface area contributed by atoms with Gasteiger partial charge in [-0.15, -0.1) is 0 Å². The van der Waals surface area contributed by atoms with E-state index in [0.717, 1.165) is 27.1 Å². The summed E-state index contributed by atoms with van der Waals surface area (Å²) in [5, 5.41) is 2.90. The maximum Gasteiger partial charge on any atom is 1.00 e. The largest absolute Gasteiger partial charge is 1.00 e. The van der Waals surface area contributed by atoms with E-state index in [0.29, 0.717) is 0 Å². The first-order valence-electron chi connectivity index (χ1n) is 10.6. The Kier molecular flexibility index (Phi) is 19.1. The number of benzene rings is 4. The van der Waals surface area contributed by atoms with E-state index in [9.17, 15) is 0 Å². The first-order chi connectivity index (χ1) is 16.1. The Morgan fingerprint density at radius 2 is 0.914 bits per heavy atom. The summed E-state index contributed by atoms with van der Waals surface area (Å²) in [4.78, 5) is 1.75. The predicted molar refractivity (Wildman–Crippen MR) is 155 cm³/mol. The Balaban J connectivity index is 0.000000507. The molecule has 35 heavy (non-hydrogen) atoms. The van der Waals surface area contributed by atoms with E-state index in [-0.39, 0.29) is 44.8 Å². The molecule has 0 fully saturated rings. The molecular formula is C30H29Au2PS2-. The maximum atomic E-state index is 4.89. The van der Waals surface area contributed by atoms with Gasteiger partial charge in [0.05, 0.1) is 10.6 Å². The molecule has 0 saturated heterocycles. The van der Waals surface area contributed by atoms with Crippen molar-refractivity contribution in [3.05, 3.63) is 140 Å². The topological polar surface area (TPSA) is 0 Å². The van der Waals surface area contributed by atoms with Gasteiger partial charge in [0.25, 0.3) is 0 Å². The second-order valence-electron chi connectivity index (χ2n) is 7.01. The standard InChI is InChI=1S/C14H14P.2C8H8S.2Au/c1-2-15(13-9-5-3-6-10-13)14-11-7-4-8-12-14;2*1-2-7-3-5-8(9)6-4-7;;/h3-12H,1-2H2;2*2-6,9H,1H2;;/q-1;;;;+1/p-1. The van der Waals surface area contributed by atoms with Crippen LogP contribution in [-0.4, -0.2) is 6.16 Å². The molecule has 0 N–H and O–H groups in total. The van der Waals surface area contributed by atoms with E-state index in [2.05, 4.69) is 80.7 Å². The van der Waals surface area contributed by atoms with Gasteiger partial charge < -0.3 is 32.2 Å². The van der Waals surface area contributed by atoms with E-state index < -0.39 is 7.92 Å². The van der Waals surface area contributed by atoms with Gasteiger partial charge >= 0.3 is 22.4 Å². The van der Waals surface area contributed by atoms with E-state index in [4.69, 9.17) is 25.3 Å². The van der Waals surface area contributed by atoms with Crippen molar-refractivity contribution in [1.82, 2.24) is 0 Å². The summed E-state index contributed by atoms with van der Waals surface area (Å²) in [5.41, 5.74) is 2.23. The van der Waals surface area contributed by atoms with Crippen LogP contribution in [0.4, 0.5) is 0 Å². The SMILES string of the molecule is C=Cc1ccc([S-])cc1.C=Cc1ccc([S-])cc1.[Au+].[Au].[CH2-]C[PH+](c1ccccc1)c1ccccc1. The molecule has 0 saturated carbocycles. The van der Waals surface area contributed by atoms with Gasteiger partial charge in [-0.1, -0.05) is 116 Å². The van der Waals surface area contributed by atoms with Gasteiger partial charge in [0.1, 0.15) is 0 Å². The van der Waals surface area contributed by atoms with Gasteiger partial charge in [0.2, 0.25) is 0 Å². The molecule has 0 amide bonds. The van der Waals surface area contributed by atoms with Crippen molar-refractivity contribution in [1.29, 1.82) is 0 Å². The van der Waals surface area contributed by atoms with Crippen LogP contribution in [0.2, 0.25) is 0 Å². The average Bonchev–Trinajstić information content (AvgIpc) is 2.88. The molecule has 0 aliphatic rings. The predicted octanol–water partition coefficient (Wildman–Crippen LogP) is 7.15. The monoisotopic (exact) mass is 878 g/mol. The molecule has 0 heterocycles. The van der Waals surface area contributed by atoms with Crippen LogP contribution in [0.25, 0.3) is 12.2 Å². The average molecular weight is 879 g/mol. The van der Waals surface area contributed by atoms with Crippen LogP contribution in [0.5, 0.6) is 0 Å². The van der Waals surface area contributed by atoms with Crippen LogP contribution in [0, 0.1) is 6.92 Å². The van der Waals surface area contributed by atoms with Crippen molar-refractivity contribution in [2.24, 2.45) is 0 Å². The Morgan fingerprint density at radius 1 is 0.600 bits per heavy atom. The molecule has 0 atom stereocenters. The van der Waals surface area contributed by atoms with Gasteiger partial charge in [0, 0.05) is 30.3 Å². The zero-order valence-corrected chi connectivity index (χ0v) is 26.3. The van der Waals surface area contributed by atoms with Gasteiger partial charge in [-0.05, 0) is 35.4 Å². The molecule has 0 spiro atoms. The summed E-state index contributed by atoms with van der Waals surface area (Å²) < 4.78 is 0. The van der Waals surface area contributed by atoms with Crippen LogP contribution in [-0.2, 0) is 70.0 Å². The van der Waals surface area contributed by atoms with Crippen molar-refractivity contribution in [3.63, 3.8) is 0 Å². The van der Waals surface area contributed by atoms with Crippen LogP contribution in [0.3, 0.4) is 0 Å². The quantitative estimate of drug-likeness (QED) is 0.0906. The molecule has 0 aliphatic heterocycles. The molecular weight excluding hydrogens is 849 g/mol. The molecule has 0 aromatic heterocycles. The summed E-state index contributed by atoms with van der Waals surface area (Å²) in [6.45, 7) is 11.3. The van der Waals surface area contributed by atoms with Crippen LogP contribution in [0.15, 0.2) is 132 Å². The van der Waals surface area contributed by atoms with E-state index in [1.165, 1.54) is 10.6 Å². The van der Waals surface area contributed by atoms with Crippen LogP contribution < -0.4 is 10.6 Å². The summed E-state index contributed by atoms with van der Waals surface area (Å²) in [5.74, 6) is 0. The van der Waals surface area contributed by atoms with Crippen molar-refractivity contribution >= 4 is 55.9 Å². The zero-order chi connectivity index (χ0) is 23.9. The molecule has 1 radical (unpaired) electrons. The first-order valence-corrected chi connectivity index (χ1v) is 13.1. The van der Waals surface area contributed by atoms with E-state index >= 15 is 0 Å². The number of hydrogen-bond donors (Lipinski definition) is 0. The fourth-order valence-corrected chi connectivity index (χ4v) is 5.31. The van der Waals surface area contributed by atoms with Gasteiger partial charge in [-0.2, -0.15) is 9.79 Å². The minimum absolute atomic E-state index is 0. The summed E-state index contributed by atoms with van der Waals surface area (Å²) >= 11 is 9.77. The number of hydrogen-bond acceptors (Lipinski definition) is 2. The second-order valence-corrected chi connectivity index (χ2v) is 10.6. The van der Waals surface area contributed by atoms with Gasteiger partial charge in [-0.25, -0.2) is 0 Å². The van der Waals surface area contributed by atoms with Gasteiger partial charge in [-0.3, -0.25) is 0 Å². The molecule has 5 heteroatoms. The molecule has 0 aliphatic carbocycles. The molecule has 0 bridgehead atoms. The van der Waals surface area contributed by atoms with Crippen molar-refractivity contribution in [2.45, 2.75) is 9.79 Å². The normalized spacial score (nSPS) is 9.09. The second kappa shape index (κ2) is 19.8. The Labute approximate surface area is 255 Å². The molecule has 4 aromatic carbocycles. The third kappa shape index (κ3) is 13.0. The fraction of sp³-hybridized carbons (Fsp3) is 0.0333. The molecule has 4 aromatic rings. The van der Waals surface area contributed by atoms with E-state index in [1.807, 2.05) is 48.5 Å². The first kappa shape index (κ1) is 33.7. The Hall–Kier alpha value is -1.29. The van der Waals surface area contributed by atoms with Crippen molar-refractivity contribution in [3.8, 4) is 0 Å². The Bertz CT molecular complexity index is 996. The fourth-order valence-electron chi connectivity index (χ4n) is 2.94. The molecule has 0 nitrogen and oxygen atoms in total. The molecule has 189 valence electrons. The molecule has 0 unspecified atom stereocenters. The third-order valence-electron chi connectivity index (χ3n) is 4.73. The van der Waals surface area contributed by atoms with Crippen molar-refractivity contribution in [2.75, 3.05) is 6.16 Å². The smallest absolute Gasteiger partial charge is 0.780 e. The summed E-state index contributed by atoms with van der Waals surface area (Å²) in [6.07, 6.45) is 4.60. The maximum absolute atomic E-state index is 4.89.